The van der Waals surface area contributed by atoms with Gasteiger partial charge in [0.2, 0.25) is 5.51 Å². The molecule has 9 nitrogen and oxygen atoms in total. The number of rotatable bonds is 8. The van der Waals surface area contributed by atoms with Gasteiger partial charge in [0.1, 0.15) is 11.6 Å². The molecule has 1 aliphatic heterocycles. The summed E-state index contributed by atoms with van der Waals surface area (Å²) < 4.78 is 7.30. The van der Waals surface area contributed by atoms with Gasteiger partial charge in [0, 0.05) is 38.2 Å². The first-order valence-electron chi connectivity index (χ1n) is 9.08. The van der Waals surface area contributed by atoms with Crippen LogP contribution in [0.15, 0.2) is 23.9 Å². The molecule has 0 atom stereocenters. The Bertz CT molecular complexity index is 967. The molecule has 1 aliphatic rings. The Hall–Kier alpha value is -3.14. The first-order chi connectivity index (χ1) is 13.8. The first-order valence-corrected chi connectivity index (χ1v) is 9.96. The summed E-state index contributed by atoms with van der Waals surface area (Å²) in [5.41, 5.74) is 9.86. The van der Waals surface area contributed by atoms with Gasteiger partial charge in [0.25, 0.3) is 11.8 Å². The number of esters is 1. The van der Waals surface area contributed by atoms with Gasteiger partial charge in [-0.05, 0) is 6.92 Å². The molecule has 0 radical (unpaired) electrons. The fourth-order valence-corrected chi connectivity index (χ4v) is 3.83. The van der Waals surface area contributed by atoms with E-state index >= 15 is 0 Å². The molecule has 0 aliphatic carbocycles. The van der Waals surface area contributed by atoms with Crippen molar-refractivity contribution in [3.05, 3.63) is 45.8 Å². The molecule has 2 aromatic rings. The number of hydrogen-bond acceptors (Lipinski definition) is 8. The number of carbonyl (C=O) groups excluding carboxylic acids is 3. The molecule has 0 saturated heterocycles. The molecule has 0 spiro atoms. The van der Waals surface area contributed by atoms with Crippen molar-refractivity contribution in [2.45, 2.75) is 33.2 Å². The number of aromatic nitrogens is 3. The maximum Gasteiger partial charge on any atom is 0.307 e. The highest BCUT2D eigenvalue weighted by molar-refractivity contribution is 7.09. The molecule has 0 bridgehead atoms. The Morgan fingerprint density at radius 1 is 1.28 bits per heavy atom. The quantitative estimate of drug-likeness (QED) is 0.377. The van der Waals surface area contributed by atoms with Crippen LogP contribution < -0.4 is 10.3 Å². The van der Waals surface area contributed by atoms with Crippen LogP contribution in [0.4, 0.5) is 5.82 Å². The lowest BCUT2D eigenvalue weighted by atomic mass is 10.2. The average Bonchev–Trinajstić information content (AvgIpc) is 3.18. The van der Waals surface area contributed by atoms with Gasteiger partial charge in [0.05, 0.1) is 23.5 Å². The standard InChI is InChI=1S/C19H22N5O4S/c1-12-15(29-11-23(12)10-14-9-21-13(2)22-19(14)20)6-8-28-18(27)5-7-24-16(25)3-4-17(24)26/h3-4,9,11H,5-8,10H2,1-2H3,(H2,20,21,22)/q+1. The Morgan fingerprint density at radius 3 is 2.69 bits per heavy atom. The highest BCUT2D eigenvalue weighted by atomic mass is 32.1. The fraction of sp³-hybridized carbons (Fsp3) is 0.368. The van der Waals surface area contributed by atoms with Crippen LogP contribution in [0.3, 0.4) is 0 Å². The molecule has 0 fully saturated rings. The Kier molecular flexibility index (Phi) is 6.32. The molecule has 152 valence electrons. The number of carbonyl (C=O) groups is 3. The molecular weight excluding hydrogens is 394 g/mol. The smallest absolute Gasteiger partial charge is 0.307 e. The molecule has 3 heterocycles. The van der Waals surface area contributed by atoms with E-state index in [0.29, 0.717) is 24.6 Å². The van der Waals surface area contributed by atoms with Gasteiger partial charge in [-0.2, -0.15) is 4.57 Å². The van der Waals surface area contributed by atoms with Gasteiger partial charge in [0.15, 0.2) is 12.2 Å². The summed E-state index contributed by atoms with van der Waals surface area (Å²) in [5, 5.41) is 0. The summed E-state index contributed by atoms with van der Waals surface area (Å²) in [6, 6.07) is 0. The average molecular weight is 416 g/mol. The summed E-state index contributed by atoms with van der Waals surface area (Å²) in [6.45, 7) is 4.62. The van der Waals surface area contributed by atoms with Crippen molar-refractivity contribution in [1.82, 2.24) is 14.9 Å². The van der Waals surface area contributed by atoms with E-state index in [4.69, 9.17) is 10.5 Å². The fourth-order valence-electron chi connectivity index (χ4n) is 2.85. The predicted molar refractivity (Wildman–Crippen MR) is 105 cm³/mol. The minimum Gasteiger partial charge on any atom is -0.465 e. The predicted octanol–water partition coefficient (Wildman–Crippen LogP) is 0.474. The number of nitrogens with zero attached hydrogens (tertiary/aromatic N) is 4. The second-order valence-corrected chi connectivity index (χ2v) is 7.51. The molecule has 2 N–H and O–H groups in total. The molecule has 3 rings (SSSR count). The lowest BCUT2D eigenvalue weighted by Gasteiger charge is -2.12. The molecule has 29 heavy (non-hydrogen) atoms. The van der Waals surface area contributed by atoms with Crippen molar-refractivity contribution in [2.24, 2.45) is 0 Å². The molecule has 10 heteroatoms. The van der Waals surface area contributed by atoms with E-state index in [0.717, 1.165) is 21.0 Å². The minimum absolute atomic E-state index is 0.0186. The number of thiazole rings is 1. The van der Waals surface area contributed by atoms with E-state index < -0.39 is 17.8 Å². The topological polar surface area (TPSA) is 119 Å². The number of imide groups is 1. The van der Waals surface area contributed by atoms with E-state index in [2.05, 4.69) is 14.5 Å². The van der Waals surface area contributed by atoms with Crippen molar-refractivity contribution in [2.75, 3.05) is 18.9 Å². The monoisotopic (exact) mass is 416 g/mol. The van der Waals surface area contributed by atoms with Gasteiger partial charge in [-0.25, -0.2) is 9.97 Å². The molecule has 2 aromatic heterocycles. The van der Waals surface area contributed by atoms with E-state index in [1.54, 1.807) is 24.5 Å². The normalized spacial score (nSPS) is 13.4. The lowest BCUT2D eigenvalue weighted by molar-refractivity contribution is -0.689. The first kappa shape index (κ1) is 20.6. The molecular formula is C19H22N5O4S+. The summed E-state index contributed by atoms with van der Waals surface area (Å²) >= 11 is 1.57. The number of aryl methyl sites for hydroxylation is 1. The van der Waals surface area contributed by atoms with Crippen LogP contribution in [-0.2, 0) is 32.1 Å². The van der Waals surface area contributed by atoms with Crippen molar-refractivity contribution in [3.63, 3.8) is 0 Å². The van der Waals surface area contributed by atoms with Crippen LogP contribution in [0.1, 0.15) is 28.4 Å². The van der Waals surface area contributed by atoms with Crippen LogP contribution in [-0.4, -0.2) is 45.8 Å². The maximum absolute atomic E-state index is 11.9. The highest BCUT2D eigenvalue weighted by Gasteiger charge is 2.24. The van der Waals surface area contributed by atoms with E-state index in [-0.39, 0.29) is 19.6 Å². The number of amides is 2. The van der Waals surface area contributed by atoms with Crippen LogP contribution in [0.5, 0.6) is 0 Å². The highest BCUT2D eigenvalue weighted by Crippen LogP contribution is 2.14. The molecule has 0 aromatic carbocycles. The minimum atomic E-state index is -0.441. The lowest BCUT2D eigenvalue weighted by Crippen LogP contribution is -2.35. The molecule has 0 unspecified atom stereocenters. The number of nitrogen functional groups attached to an aromatic ring is 1. The van der Waals surface area contributed by atoms with Crippen molar-refractivity contribution < 1.29 is 23.7 Å². The Morgan fingerprint density at radius 2 is 2.00 bits per heavy atom. The van der Waals surface area contributed by atoms with E-state index in [1.165, 1.54) is 12.2 Å². The van der Waals surface area contributed by atoms with Crippen LogP contribution in [0, 0.1) is 13.8 Å². The van der Waals surface area contributed by atoms with Crippen LogP contribution >= 0.6 is 11.3 Å². The van der Waals surface area contributed by atoms with E-state index in [1.807, 2.05) is 12.4 Å². The molecule has 2 amide bonds. The largest absolute Gasteiger partial charge is 0.465 e. The third kappa shape index (κ3) is 5.02. The van der Waals surface area contributed by atoms with E-state index in [9.17, 15) is 14.4 Å². The van der Waals surface area contributed by atoms with Crippen molar-refractivity contribution in [1.29, 1.82) is 0 Å². The van der Waals surface area contributed by atoms with Gasteiger partial charge in [-0.15, -0.1) is 0 Å². The second kappa shape index (κ2) is 8.91. The summed E-state index contributed by atoms with van der Waals surface area (Å²) in [4.78, 5) is 45.3. The van der Waals surface area contributed by atoms with Crippen LogP contribution in [0.2, 0.25) is 0 Å². The SMILES string of the molecule is Cc1ncc(C[n+]2csc(CCOC(=O)CCN3C(=O)C=CC3=O)c2C)c(N)n1. The maximum atomic E-state index is 11.9. The zero-order valence-corrected chi connectivity index (χ0v) is 17.1. The number of hydrogen-bond donors (Lipinski definition) is 1. The third-order valence-electron chi connectivity index (χ3n) is 4.55. The number of ether oxygens (including phenoxy) is 1. The Balaban J connectivity index is 1.47. The summed E-state index contributed by atoms with van der Waals surface area (Å²) in [5.74, 6) is -0.140. The zero-order valence-electron chi connectivity index (χ0n) is 16.3. The Labute approximate surface area is 171 Å². The second-order valence-electron chi connectivity index (χ2n) is 6.57. The van der Waals surface area contributed by atoms with Gasteiger partial charge >= 0.3 is 5.97 Å². The van der Waals surface area contributed by atoms with Gasteiger partial charge in [-0.3, -0.25) is 19.3 Å². The van der Waals surface area contributed by atoms with Gasteiger partial charge < -0.3 is 10.5 Å². The molecule has 0 saturated carbocycles. The zero-order chi connectivity index (χ0) is 21.0. The van der Waals surface area contributed by atoms with Crippen molar-refractivity contribution in [3.8, 4) is 0 Å². The summed E-state index contributed by atoms with van der Waals surface area (Å²) in [7, 11) is 0. The number of anilines is 1. The number of nitrogens with two attached hydrogens (primary N) is 1. The van der Waals surface area contributed by atoms with Crippen LogP contribution in [0.25, 0.3) is 0 Å². The third-order valence-corrected chi connectivity index (χ3v) is 5.69. The summed E-state index contributed by atoms with van der Waals surface area (Å²) in [6.07, 6.45) is 4.68. The van der Waals surface area contributed by atoms with Gasteiger partial charge in [-0.1, -0.05) is 11.3 Å². The van der Waals surface area contributed by atoms with Crippen molar-refractivity contribution >= 4 is 34.9 Å².